The maximum atomic E-state index is 9.84. The van der Waals surface area contributed by atoms with Crippen molar-refractivity contribution in [2.45, 2.75) is 5.38 Å². The summed E-state index contributed by atoms with van der Waals surface area (Å²) >= 11 is 9.54. The molecule has 5 heteroatoms. The van der Waals surface area contributed by atoms with Crippen molar-refractivity contribution in [3.63, 3.8) is 0 Å². The molecule has 3 nitrogen and oxygen atoms in total. The van der Waals surface area contributed by atoms with E-state index in [2.05, 4.69) is 11.6 Å². The second-order valence-corrected chi connectivity index (χ2v) is 1.81. The number of alkyl halides is 1. The van der Waals surface area contributed by atoms with Crippen LogP contribution in [0.5, 0.6) is 0 Å². The number of carbonyl (C=O) groups is 2. The van der Waals surface area contributed by atoms with Crippen LogP contribution in [0.3, 0.4) is 0 Å². The SMILES string of the molecule is O=C(O)[C@@H](Cl)C(=O)Cl. The highest BCUT2D eigenvalue weighted by atomic mass is 35.5. The van der Waals surface area contributed by atoms with Crippen LogP contribution >= 0.6 is 23.2 Å². The lowest BCUT2D eigenvalue weighted by Gasteiger charge is -1.91. The molecular weight excluding hydrogens is 155 g/mol. The van der Waals surface area contributed by atoms with Gasteiger partial charge in [-0.1, -0.05) is 0 Å². The minimum atomic E-state index is -1.61. The molecule has 8 heavy (non-hydrogen) atoms. The Kier molecular flexibility index (Phi) is 2.79. The molecule has 0 aromatic rings. The smallest absolute Gasteiger partial charge is 0.330 e. The molecule has 0 bridgehead atoms. The topological polar surface area (TPSA) is 54.4 Å². The van der Waals surface area contributed by atoms with Gasteiger partial charge in [0, 0.05) is 0 Å². The molecule has 0 spiro atoms. The zero-order chi connectivity index (χ0) is 6.73. The van der Waals surface area contributed by atoms with Crippen LogP contribution in [0.25, 0.3) is 0 Å². The zero-order valence-corrected chi connectivity index (χ0v) is 5.11. The lowest BCUT2D eigenvalue weighted by molar-refractivity contribution is -0.138. The molecule has 0 fully saturated rings. The summed E-state index contributed by atoms with van der Waals surface area (Å²) in [5.41, 5.74) is 0. The molecule has 0 aliphatic heterocycles. The monoisotopic (exact) mass is 156 g/mol. The van der Waals surface area contributed by atoms with Crippen LogP contribution < -0.4 is 0 Å². The molecule has 0 saturated carbocycles. The predicted molar refractivity (Wildman–Crippen MR) is 28.1 cm³/mol. The molecule has 46 valence electrons. The van der Waals surface area contributed by atoms with E-state index in [4.69, 9.17) is 16.7 Å². The van der Waals surface area contributed by atoms with Crippen molar-refractivity contribution in [3.05, 3.63) is 0 Å². The summed E-state index contributed by atoms with van der Waals surface area (Å²) in [6.45, 7) is 0. The van der Waals surface area contributed by atoms with Gasteiger partial charge in [0.25, 0.3) is 5.24 Å². The van der Waals surface area contributed by atoms with Crippen molar-refractivity contribution in [2.75, 3.05) is 0 Å². The first kappa shape index (κ1) is 7.72. The summed E-state index contributed by atoms with van der Waals surface area (Å²) in [6, 6.07) is 0. The largest absolute Gasteiger partial charge is 0.480 e. The van der Waals surface area contributed by atoms with Gasteiger partial charge in [0.05, 0.1) is 0 Å². The first-order valence-corrected chi connectivity index (χ1v) is 2.43. The van der Waals surface area contributed by atoms with Crippen molar-refractivity contribution in [1.29, 1.82) is 0 Å². The highest BCUT2D eigenvalue weighted by Crippen LogP contribution is 1.99. The minimum absolute atomic E-state index is 1.07. The molecule has 0 aromatic heterocycles. The van der Waals surface area contributed by atoms with Gasteiger partial charge in [-0.15, -0.1) is 11.6 Å². The van der Waals surface area contributed by atoms with Crippen molar-refractivity contribution in [2.24, 2.45) is 0 Å². The standard InChI is InChI=1S/C3H2Cl2O3/c4-1(2(5)6)3(7)8/h1H,(H,7,8)/t1-/m0/s1. The van der Waals surface area contributed by atoms with Crippen LogP contribution in [0.4, 0.5) is 0 Å². The minimum Gasteiger partial charge on any atom is -0.480 e. The summed E-state index contributed by atoms with van der Waals surface area (Å²) in [4.78, 5) is 19.5. The van der Waals surface area contributed by atoms with Crippen molar-refractivity contribution < 1.29 is 14.7 Å². The van der Waals surface area contributed by atoms with E-state index in [0.717, 1.165) is 0 Å². The first-order valence-electron chi connectivity index (χ1n) is 1.62. The highest BCUT2D eigenvalue weighted by molar-refractivity contribution is 6.71. The van der Waals surface area contributed by atoms with E-state index in [-0.39, 0.29) is 0 Å². The molecule has 0 heterocycles. The van der Waals surface area contributed by atoms with E-state index in [9.17, 15) is 9.59 Å². The third-order valence-corrected chi connectivity index (χ3v) is 1.13. The fourth-order valence-electron chi connectivity index (χ4n) is 0.0971. The van der Waals surface area contributed by atoms with E-state index in [0.29, 0.717) is 0 Å². The van der Waals surface area contributed by atoms with Crippen LogP contribution in [0.1, 0.15) is 0 Å². The van der Waals surface area contributed by atoms with Gasteiger partial charge in [-0.2, -0.15) is 0 Å². The van der Waals surface area contributed by atoms with E-state index in [1.165, 1.54) is 0 Å². The molecule has 0 unspecified atom stereocenters. The van der Waals surface area contributed by atoms with Crippen molar-refractivity contribution in [1.82, 2.24) is 0 Å². The quantitative estimate of drug-likeness (QED) is 0.359. The molecular formula is C3H2Cl2O3. The third-order valence-electron chi connectivity index (χ3n) is 0.416. The van der Waals surface area contributed by atoms with E-state index < -0.39 is 16.6 Å². The van der Waals surface area contributed by atoms with Gasteiger partial charge in [-0.3, -0.25) is 9.59 Å². The third kappa shape index (κ3) is 2.14. The Morgan fingerprint density at radius 2 is 1.88 bits per heavy atom. The maximum Gasteiger partial charge on any atom is 0.330 e. The number of carboxylic acid groups (broad SMARTS) is 1. The summed E-state index contributed by atoms with van der Waals surface area (Å²) < 4.78 is 0. The van der Waals surface area contributed by atoms with Crippen LogP contribution in [-0.2, 0) is 9.59 Å². The van der Waals surface area contributed by atoms with E-state index in [1.54, 1.807) is 0 Å². The van der Waals surface area contributed by atoms with E-state index >= 15 is 0 Å². The molecule has 0 rings (SSSR count). The molecule has 1 atom stereocenters. The van der Waals surface area contributed by atoms with Crippen LogP contribution in [0.2, 0.25) is 0 Å². The number of aliphatic carboxylic acids is 1. The molecule has 0 aliphatic carbocycles. The Bertz CT molecular complexity index is 108. The number of carbonyl (C=O) groups excluding carboxylic acids is 1. The number of hydrogen-bond acceptors (Lipinski definition) is 2. The summed E-state index contributed by atoms with van der Waals surface area (Å²) in [5, 5.41) is 5.23. The first-order chi connectivity index (χ1) is 3.55. The summed E-state index contributed by atoms with van der Waals surface area (Å²) in [7, 11) is 0. The van der Waals surface area contributed by atoms with Crippen LogP contribution in [0, 0.1) is 0 Å². The van der Waals surface area contributed by atoms with Gasteiger partial charge in [0.15, 0.2) is 0 Å². The second kappa shape index (κ2) is 2.89. The predicted octanol–water partition coefficient (Wildman–Crippen LogP) is 0.444. The molecule has 0 amide bonds. The number of hydrogen-bond donors (Lipinski definition) is 1. The number of rotatable bonds is 2. The van der Waals surface area contributed by atoms with Gasteiger partial charge in [0.2, 0.25) is 5.38 Å². The van der Waals surface area contributed by atoms with Crippen LogP contribution in [-0.4, -0.2) is 21.7 Å². The molecule has 0 aromatic carbocycles. The Morgan fingerprint density at radius 1 is 1.50 bits per heavy atom. The average Bonchev–Trinajstić information content (AvgIpc) is 1.64. The average molecular weight is 157 g/mol. The Hall–Kier alpha value is -0.280. The van der Waals surface area contributed by atoms with Crippen molar-refractivity contribution >= 4 is 34.4 Å². The summed E-state index contributed by atoms with van der Waals surface area (Å²) in [5.74, 6) is -1.42. The second-order valence-electron chi connectivity index (χ2n) is 1.00. The molecule has 0 aliphatic rings. The fourth-order valence-corrected chi connectivity index (χ4v) is 0.190. The van der Waals surface area contributed by atoms with Gasteiger partial charge in [-0.05, 0) is 11.6 Å². The Labute approximate surface area is 55.2 Å². The lowest BCUT2D eigenvalue weighted by Crippen LogP contribution is -2.19. The molecule has 0 saturated heterocycles. The maximum absolute atomic E-state index is 9.84. The highest BCUT2D eigenvalue weighted by Gasteiger charge is 2.20. The summed E-state index contributed by atoms with van der Waals surface area (Å²) in [6.07, 6.45) is 0. The van der Waals surface area contributed by atoms with E-state index in [1.807, 2.05) is 0 Å². The number of carboxylic acids is 1. The van der Waals surface area contributed by atoms with Crippen molar-refractivity contribution in [3.8, 4) is 0 Å². The molecule has 1 N–H and O–H groups in total. The number of halogens is 2. The normalized spacial score (nSPS) is 12.8. The fraction of sp³-hybridized carbons (Fsp3) is 0.333. The van der Waals surface area contributed by atoms with Gasteiger partial charge < -0.3 is 5.11 Å². The van der Waals surface area contributed by atoms with Gasteiger partial charge in [0.1, 0.15) is 0 Å². The zero-order valence-electron chi connectivity index (χ0n) is 3.60. The lowest BCUT2D eigenvalue weighted by atomic mass is 10.5. The van der Waals surface area contributed by atoms with Gasteiger partial charge in [-0.25, -0.2) is 0 Å². The Morgan fingerprint density at radius 3 is 1.88 bits per heavy atom. The van der Waals surface area contributed by atoms with Crippen LogP contribution in [0.15, 0.2) is 0 Å². The van der Waals surface area contributed by atoms with Gasteiger partial charge >= 0.3 is 5.97 Å². The molecule has 0 radical (unpaired) electrons. The Balaban J connectivity index is 3.83.